The van der Waals surface area contributed by atoms with Crippen LogP contribution in [0.1, 0.15) is 220 Å². The molecule has 0 aliphatic rings. The van der Waals surface area contributed by atoms with Gasteiger partial charge in [-0.25, -0.2) is 0 Å². The van der Waals surface area contributed by atoms with Gasteiger partial charge in [0.15, 0.2) is 0 Å². The van der Waals surface area contributed by atoms with Crippen molar-refractivity contribution in [1.29, 1.82) is 0 Å². The van der Waals surface area contributed by atoms with Gasteiger partial charge < -0.3 is 4.74 Å². The van der Waals surface area contributed by atoms with Gasteiger partial charge in [-0.05, 0) is 44.4 Å². The molecule has 0 rings (SSSR count). The molecule has 244 valence electrons. The standard InChI is InChI=1S/C39H76O2/c1-4-6-7-8-9-10-11-12-13-14-15-18-21-24-27-30-33-36-39(40)41-37-34-31-28-25-22-19-16-17-20-23-26-29-32-35-38(3)5-2/h10-11,38H,4-9,12-37H2,1-3H3. The molecule has 0 aromatic carbocycles. The van der Waals surface area contributed by atoms with Gasteiger partial charge in [0, 0.05) is 6.42 Å². The molecular formula is C39H76O2. The van der Waals surface area contributed by atoms with Crippen LogP contribution in [0.3, 0.4) is 0 Å². The molecule has 0 aliphatic carbocycles. The zero-order valence-electron chi connectivity index (χ0n) is 28.7. The minimum absolute atomic E-state index is 0.0236. The molecule has 0 fully saturated rings. The molecular weight excluding hydrogens is 500 g/mol. The summed E-state index contributed by atoms with van der Waals surface area (Å²) in [6, 6.07) is 0. The number of carbonyl (C=O) groups is 1. The summed E-state index contributed by atoms with van der Waals surface area (Å²) in [5, 5.41) is 0. The Morgan fingerprint density at radius 2 is 0.902 bits per heavy atom. The Hall–Kier alpha value is -0.790. The number of hydrogen-bond donors (Lipinski definition) is 0. The van der Waals surface area contributed by atoms with Crippen LogP contribution in [0, 0.1) is 5.92 Å². The topological polar surface area (TPSA) is 26.3 Å². The van der Waals surface area contributed by atoms with Gasteiger partial charge in [-0.1, -0.05) is 187 Å². The predicted molar refractivity (Wildman–Crippen MR) is 184 cm³/mol. The summed E-state index contributed by atoms with van der Waals surface area (Å²) >= 11 is 0. The molecule has 0 N–H and O–H groups in total. The van der Waals surface area contributed by atoms with Crippen LogP contribution in [0.25, 0.3) is 0 Å². The minimum atomic E-state index is 0.0236. The van der Waals surface area contributed by atoms with Gasteiger partial charge in [0.2, 0.25) is 0 Å². The lowest BCUT2D eigenvalue weighted by atomic mass is 9.99. The van der Waals surface area contributed by atoms with Gasteiger partial charge >= 0.3 is 5.97 Å². The highest BCUT2D eigenvalue weighted by Crippen LogP contribution is 2.16. The van der Waals surface area contributed by atoms with Gasteiger partial charge in [-0.2, -0.15) is 0 Å². The first-order chi connectivity index (χ1) is 20.2. The Labute approximate surface area is 259 Å². The summed E-state index contributed by atoms with van der Waals surface area (Å²) in [5.41, 5.74) is 0. The molecule has 0 radical (unpaired) electrons. The first kappa shape index (κ1) is 40.2. The first-order valence-electron chi connectivity index (χ1n) is 19.0. The summed E-state index contributed by atoms with van der Waals surface area (Å²) in [6.45, 7) is 7.60. The van der Waals surface area contributed by atoms with Crippen LogP contribution >= 0.6 is 0 Å². The molecule has 0 saturated carbocycles. The first-order valence-corrected chi connectivity index (χ1v) is 19.0. The van der Waals surface area contributed by atoms with E-state index in [4.69, 9.17) is 4.74 Å². The predicted octanol–water partition coefficient (Wildman–Crippen LogP) is 13.9. The van der Waals surface area contributed by atoms with Gasteiger partial charge in [-0.15, -0.1) is 0 Å². The average molecular weight is 577 g/mol. The van der Waals surface area contributed by atoms with Crippen LogP contribution in [-0.2, 0) is 9.53 Å². The molecule has 2 heteroatoms. The molecule has 0 saturated heterocycles. The van der Waals surface area contributed by atoms with Gasteiger partial charge in [-0.3, -0.25) is 4.79 Å². The third kappa shape index (κ3) is 35.3. The van der Waals surface area contributed by atoms with Crippen molar-refractivity contribution in [2.24, 2.45) is 5.92 Å². The maximum Gasteiger partial charge on any atom is 0.305 e. The van der Waals surface area contributed by atoms with E-state index in [-0.39, 0.29) is 5.97 Å². The van der Waals surface area contributed by atoms with Crippen LogP contribution in [0.5, 0.6) is 0 Å². The van der Waals surface area contributed by atoms with Gasteiger partial charge in [0.05, 0.1) is 6.61 Å². The number of unbranched alkanes of at least 4 members (excludes halogenated alkanes) is 25. The van der Waals surface area contributed by atoms with E-state index in [9.17, 15) is 4.79 Å². The number of rotatable bonds is 34. The maximum absolute atomic E-state index is 11.9. The Morgan fingerprint density at radius 3 is 1.37 bits per heavy atom. The van der Waals surface area contributed by atoms with Gasteiger partial charge in [0.25, 0.3) is 0 Å². The summed E-state index contributed by atoms with van der Waals surface area (Å²) in [7, 11) is 0. The second-order valence-corrected chi connectivity index (χ2v) is 13.2. The highest BCUT2D eigenvalue weighted by Gasteiger charge is 2.03. The second-order valence-electron chi connectivity index (χ2n) is 13.2. The number of ether oxygens (including phenoxy) is 1. The van der Waals surface area contributed by atoms with Crippen LogP contribution < -0.4 is 0 Å². The number of esters is 1. The lowest BCUT2D eigenvalue weighted by molar-refractivity contribution is -0.143. The largest absolute Gasteiger partial charge is 0.466 e. The van der Waals surface area contributed by atoms with E-state index in [2.05, 4.69) is 32.9 Å². The van der Waals surface area contributed by atoms with Crippen LogP contribution in [0.2, 0.25) is 0 Å². The van der Waals surface area contributed by atoms with E-state index >= 15 is 0 Å². The second kappa shape index (κ2) is 35.4. The zero-order valence-corrected chi connectivity index (χ0v) is 28.7. The molecule has 0 aliphatic heterocycles. The van der Waals surface area contributed by atoms with E-state index in [1.807, 2.05) is 0 Å². The molecule has 0 aromatic rings. The van der Waals surface area contributed by atoms with Crippen LogP contribution in [0.4, 0.5) is 0 Å². The fourth-order valence-electron chi connectivity index (χ4n) is 5.70. The van der Waals surface area contributed by atoms with Crippen molar-refractivity contribution in [2.75, 3.05) is 6.61 Å². The van der Waals surface area contributed by atoms with E-state index in [1.54, 1.807) is 0 Å². The smallest absolute Gasteiger partial charge is 0.305 e. The minimum Gasteiger partial charge on any atom is -0.466 e. The number of hydrogen-bond acceptors (Lipinski definition) is 2. The van der Waals surface area contributed by atoms with Crippen molar-refractivity contribution in [1.82, 2.24) is 0 Å². The molecule has 1 atom stereocenters. The maximum atomic E-state index is 11.9. The highest BCUT2D eigenvalue weighted by atomic mass is 16.5. The fourth-order valence-corrected chi connectivity index (χ4v) is 5.70. The number of carbonyl (C=O) groups excluding carboxylic acids is 1. The SMILES string of the molecule is CCCCCCC=CCCCCCCCCCCCC(=O)OCCCCCCCCCCCCCCCC(C)CC. The van der Waals surface area contributed by atoms with Crippen LogP contribution in [0.15, 0.2) is 12.2 Å². The van der Waals surface area contributed by atoms with Crippen molar-refractivity contribution in [2.45, 2.75) is 220 Å². The zero-order chi connectivity index (χ0) is 29.9. The van der Waals surface area contributed by atoms with E-state index in [0.29, 0.717) is 13.0 Å². The Balaban J connectivity index is 3.19. The molecule has 2 nitrogen and oxygen atoms in total. The lowest BCUT2D eigenvalue weighted by Gasteiger charge is -2.07. The van der Waals surface area contributed by atoms with Crippen molar-refractivity contribution in [3.63, 3.8) is 0 Å². The van der Waals surface area contributed by atoms with Crippen molar-refractivity contribution in [3.8, 4) is 0 Å². The molecule has 0 aromatic heterocycles. The molecule has 0 spiro atoms. The van der Waals surface area contributed by atoms with E-state index < -0.39 is 0 Å². The highest BCUT2D eigenvalue weighted by molar-refractivity contribution is 5.69. The fraction of sp³-hybridized carbons (Fsp3) is 0.923. The third-order valence-electron chi connectivity index (χ3n) is 8.94. The lowest BCUT2D eigenvalue weighted by Crippen LogP contribution is -2.05. The van der Waals surface area contributed by atoms with Crippen LogP contribution in [-0.4, -0.2) is 12.6 Å². The van der Waals surface area contributed by atoms with Gasteiger partial charge in [0.1, 0.15) is 0 Å². The Morgan fingerprint density at radius 1 is 0.512 bits per heavy atom. The Kier molecular flexibility index (Phi) is 34.7. The monoisotopic (exact) mass is 577 g/mol. The Bertz CT molecular complexity index is 526. The molecule has 0 bridgehead atoms. The molecule has 0 heterocycles. The normalized spacial score (nSPS) is 12.4. The quantitative estimate of drug-likeness (QED) is 0.0432. The summed E-state index contributed by atoms with van der Waals surface area (Å²) in [6.07, 6.45) is 45.6. The average Bonchev–Trinajstić information content (AvgIpc) is 2.98. The summed E-state index contributed by atoms with van der Waals surface area (Å²) < 4.78 is 5.45. The molecule has 41 heavy (non-hydrogen) atoms. The summed E-state index contributed by atoms with van der Waals surface area (Å²) in [4.78, 5) is 11.9. The van der Waals surface area contributed by atoms with Crippen molar-refractivity contribution >= 4 is 5.97 Å². The molecule has 1 unspecified atom stereocenters. The summed E-state index contributed by atoms with van der Waals surface area (Å²) in [5.74, 6) is 0.947. The number of allylic oxidation sites excluding steroid dienone is 2. The third-order valence-corrected chi connectivity index (χ3v) is 8.94. The van der Waals surface area contributed by atoms with E-state index in [0.717, 1.165) is 18.8 Å². The van der Waals surface area contributed by atoms with E-state index in [1.165, 1.54) is 180 Å². The molecule has 0 amide bonds. The van der Waals surface area contributed by atoms with Crippen molar-refractivity contribution in [3.05, 3.63) is 12.2 Å². The van der Waals surface area contributed by atoms with Crippen molar-refractivity contribution < 1.29 is 9.53 Å².